The Morgan fingerprint density at radius 1 is 1.19 bits per heavy atom. The summed E-state index contributed by atoms with van der Waals surface area (Å²) in [5.74, 6) is -0.343. The number of carbonyl (C=O) groups is 3. The van der Waals surface area contributed by atoms with Crippen molar-refractivity contribution >= 4 is 24.0 Å². The Bertz CT molecular complexity index is 667. The standard InChI is InChI=1S/C17H24N4O4.Os/c1-17(2,3)25-16(24)21-9-7-20(8-10-21)14-6-5-12(15(23)18-4)19-13(14)11-22;/h5-6,11H,7-10H2,1-4H3,(H,18,23);. The van der Waals surface area contributed by atoms with E-state index in [1.807, 2.05) is 25.7 Å². The van der Waals surface area contributed by atoms with Crippen LogP contribution in [0.5, 0.6) is 0 Å². The summed E-state index contributed by atoms with van der Waals surface area (Å²) < 4.78 is 5.37. The predicted molar refractivity (Wildman–Crippen MR) is 93.0 cm³/mol. The number of hydrogen-bond donors (Lipinski definition) is 1. The third-order valence-corrected chi connectivity index (χ3v) is 3.75. The van der Waals surface area contributed by atoms with Gasteiger partial charge < -0.3 is 19.9 Å². The van der Waals surface area contributed by atoms with Gasteiger partial charge in [-0.05, 0) is 32.9 Å². The second kappa shape index (κ2) is 9.08. The smallest absolute Gasteiger partial charge is 0.410 e. The zero-order valence-electron chi connectivity index (χ0n) is 15.4. The van der Waals surface area contributed by atoms with Gasteiger partial charge in [-0.15, -0.1) is 0 Å². The zero-order chi connectivity index (χ0) is 18.6. The van der Waals surface area contributed by atoms with Crippen molar-refractivity contribution in [2.45, 2.75) is 26.4 Å². The number of ether oxygens (including phenoxy) is 1. The van der Waals surface area contributed by atoms with Gasteiger partial charge in [-0.2, -0.15) is 0 Å². The molecule has 1 aromatic heterocycles. The van der Waals surface area contributed by atoms with Crippen molar-refractivity contribution in [2.24, 2.45) is 0 Å². The number of pyridine rings is 1. The van der Waals surface area contributed by atoms with E-state index < -0.39 is 5.60 Å². The molecule has 1 aromatic rings. The number of nitrogens with one attached hydrogen (secondary N) is 1. The van der Waals surface area contributed by atoms with Crippen molar-refractivity contribution in [3.63, 3.8) is 0 Å². The first kappa shape index (κ1) is 22.0. The third kappa shape index (κ3) is 5.50. The second-order valence-corrected chi connectivity index (χ2v) is 6.75. The van der Waals surface area contributed by atoms with Gasteiger partial charge >= 0.3 is 6.09 Å². The molecule has 1 aliphatic heterocycles. The van der Waals surface area contributed by atoms with Gasteiger partial charge in [0, 0.05) is 53.0 Å². The zero-order valence-corrected chi connectivity index (χ0v) is 17.9. The first-order valence-corrected chi connectivity index (χ1v) is 8.16. The normalized spacial score (nSPS) is 14.3. The van der Waals surface area contributed by atoms with Gasteiger partial charge in [-0.3, -0.25) is 9.59 Å². The minimum Gasteiger partial charge on any atom is -0.444 e. The van der Waals surface area contributed by atoms with E-state index in [0.717, 1.165) is 0 Å². The van der Waals surface area contributed by atoms with E-state index >= 15 is 0 Å². The first-order chi connectivity index (χ1) is 11.7. The minimum absolute atomic E-state index is 0. The van der Waals surface area contributed by atoms with Crippen molar-refractivity contribution in [3.8, 4) is 0 Å². The van der Waals surface area contributed by atoms with Gasteiger partial charge in [0.25, 0.3) is 5.91 Å². The molecule has 2 amide bonds. The SMILES string of the molecule is CNC(=O)c1ccc(N2CCN(C(=O)OC(C)(C)C)CC2)c(C=O)n1.[Os]. The number of anilines is 1. The van der Waals surface area contributed by atoms with Crippen LogP contribution in [0.25, 0.3) is 0 Å². The monoisotopic (exact) mass is 540 g/mol. The number of rotatable bonds is 3. The maximum Gasteiger partial charge on any atom is 0.410 e. The van der Waals surface area contributed by atoms with Crippen molar-refractivity contribution < 1.29 is 38.9 Å². The van der Waals surface area contributed by atoms with E-state index in [9.17, 15) is 14.4 Å². The Hall–Kier alpha value is -2.00. The van der Waals surface area contributed by atoms with Crippen LogP contribution >= 0.6 is 0 Å². The number of aromatic nitrogens is 1. The van der Waals surface area contributed by atoms with E-state index in [0.29, 0.717) is 38.2 Å². The Balaban J connectivity index is 0.00000338. The van der Waals surface area contributed by atoms with Crippen LogP contribution in [0.15, 0.2) is 12.1 Å². The summed E-state index contributed by atoms with van der Waals surface area (Å²) in [6, 6.07) is 3.30. The fourth-order valence-electron chi connectivity index (χ4n) is 2.53. The fraction of sp³-hybridized carbons (Fsp3) is 0.529. The molecule has 0 aliphatic carbocycles. The molecule has 2 rings (SSSR count). The van der Waals surface area contributed by atoms with Crippen molar-refractivity contribution in [1.29, 1.82) is 0 Å². The van der Waals surface area contributed by atoms with Crippen LogP contribution in [0.4, 0.5) is 10.5 Å². The topological polar surface area (TPSA) is 91.8 Å². The molecule has 0 saturated carbocycles. The molecule has 2 heterocycles. The fourth-order valence-corrected chi connectivity index (χ4v) is 2.53. The summed E-state index contributed by atoms with van der Waals surface area (Å²) in [6.07, 6.45) is 0.304. The molecule has 26 heavy (non-hydrogen) atoms. The van der Waals surface area contributed by atoms with Crippen LogP contribution in [0.3, 0.4) is 0 Å². The molecule has 0 aromatic carbocycles. The molecule has 8 nitrogen and oxygen atoms in total. The van der Waals surface area contributed by atoms with Crippen LogP contribution in [0.1, 0.15) is 41.7 Å². The molecule has 1 saturated heterocycles. The van der Waals surface area contributed by atoms with Crippen LogP contribution < -0.4 is 10.2 Å². The molecule has 0 atom stereocenters. The van der Waals surface area contributed by atoms with Crippen molar-refractivity contribution in [2.75, 3.05) is 38.1 Å². The summed E-state index contributed by atoms with van der Waals surface area (Å²) in [6.45, 7) is 7.59. The largest absolute Gasteiger partial charge is 0.444 e. The summed E-state index contributed by atoms with van der Waals surface area (Å²) >= 11 is 0. The molecule has 0 unspecified atom stereocenters. The Morgan fingerprint density at radius 3 is 2.31 bits per heavy atom. The van der Waals surface area contributed by atoms with Crippen LogP contribution in [0, 0.1) is 0 Å². The molecule has 144 valence electrons. The number of piperazine rings is 1. The van der Waals surface area contributed by atoms with Crippen LogP contribution in [-0.4, -0.2) is 67.0 Å². The average molecular weight is 539 g/mol. The van der Waals surface area contributed by atoms with Gasteiger partial charge in [-0.1, -0.05) is 0 Å². The van der Waals surface area contributed by atoms with Crippen molar-refractivity contribution in [3.05, 3.63) is 23.5 Å². The van der Waals surface area contributed by atoms with E-state index in [1.165, 1.54) is 7.05 Å². The summed E-state index contributed by atoms with van der Waals surface area (Å²) in [5.41, 5.74) is 0.539. The van der Waals surface area contributed by atoms with E-state index in [-0.39, 0.29) is 43.2 Å². The van der Waals surface area contributed by atoms with Crippen LogP contribution in [-0.2, 0) is 24.5 Å². The maximum absolute atomic E-state index is 12.1. The Labute approximate surface area is 166 Å². The number of nitrogens with zero attached hydrogens (tertiary/aromatic N) is 3. The Kier molecular flexibility index (Phi) is 7.70. The summed E-state index contributed by atoms with van der Waals surface area (Å²) in [7, 11) is 1.51. The van der Waals surface area contributed by atoms with Gasteiger partial charge in [0.05, 0.1) is 5.69 Å². The second-order valence-electron chi connectivity index (χ2n) is 6.75. The average Bonchev–Trinajstić information content (AvgIpc) is 2.59. The van der Waals surface area contributed by atoms with E-state index in [2.05, 4.69) is 10.3 Å². The first-order valence-electron chi connectivity index (χ1n) is 8.16. The Morgan fingerprint density at radius 2 is 1.81 bits per heavy atom. The molecule has 1 fully saturated rings. The molecule has 0 bridgehead atoms. The number of aldehydes is 1. The van der Waals surface area contributed by atoms with Gasteiger partial charge in [0.15, 0.2) is 6.29 Å². The molecule has 0 spiro atoms. The summed E-state index contributed by atoms with van der Waals surface area (Å²) in [4.78, 5) is 42.8. The molecular formula is C17H24N4O4Os. The minimum atomic E-state index is -0.529. The molecule has 1 aliphatic rings. The quantitative estimate of drug-likeness (QED) is 0.584. The van der Waals surface area contributed by atoms with Gasteiger partial charge in [0.1, 0.15) is 17.0 Å². The number of hydrogen-bond acceptors (Lipinski definition) is 6. The van der Waals surface area contributed by atoms with Gasteiger partial charge in [0.2, 0.25) is 0 Å². The number of amides is 2. The maximum atomic E-state index is 12.1. The van der Waals surface area contributed by atoms with Gasteiger partial charge in [-0.25, -0.2) is 9.78 Å². The number of carbonyl (C=O) groups excluding carboxylic acids is 3. The molecule has 9 heteroatoms. The molecular weight excluding hydrogens is 514 g/mol. The van der Waals surface area contributed by atoms with Crippen molar-refractivity contribution in [1.82, 2.24) is 15.2 Å². The third-order valence-electron chi connectivity index (χ3n) is 3.75. The van der Waals surface area contributed by atoms with Crippen LogP contribution in [0.2, 0.25) is 0 Å². The molecule has 0 radical (unpaired) electrons. The van der Waals surface area contributed by atoms with E-state index in [4.69, 9.17) is 4.74 Å². The summed E-state index contributed by atoms with van der Waals surface area (Å²) in [5, 5.41) is 2.48. The van der Waals surface area contributed by atoms with E-state index in [1.54, 1.807) is 17.0 Å². The molecule has 1 N–H and O–H groups in total. The predicted octanol–water partition coefficient (Wildman–Crippen LogP) is 1.31.